The lowest BCUT2D eigenvalue weighted by Crippen LogP contribution is -2.43. The van der Waals surface area contributed by atoms with Crippen LogP contribution >= 0.6 is 0 Å². The molecule has 0 bridgehead atoms. The molecule has 32 heavy (non-hydrogen) atoms. The van der Waals surface area contributed by atoms with Gasteiger partial charge in [0.25, 0.3) is 6.20 Å². The van der Waals surface area contributed by atoms with Crippen molar-refractivity contribution in [3.8, 4) is 11.5 Å². The highest BCUT2D eigenvalue weighted by atomic mass is 16.5. The summed E-state index contributed by atoms with van der Waals surface area (Å²) >= 11 is 0. The lowest BCUT2D eigenvalue weighted by molar-refractivity contribution is -0.906. The first-order valence-electron chi connectivity index (χ1n) is 11.0. The number of aromatic nitrogens is 2. The topological polar surface area (TPSA) is 126 Å². The highest BCUT2D eigenvalue weighted by Gasteiger charge is 2.35. The van der Waals surface area contributed by atoms with E-state index in [2.05, 4.69) is 19.0 Å². The molecule has 10 heteroatoms. The molecule has 3 rings (SSSR count). The SMILES string of the molecule is CCCCOc1cc(C(=O)N2CC[C@@H](c3cc(C(=O)O)on3)C2)[n+](O)cc1OCCCC. The van der Waals surface area contributed by atoms with Gasteiger partial charge in [-0.2, -0.15) is 0 Å². The minimum Gasteiger partial charge on any atom is -0.489 e. The summed E-state index contributed by atoms with van der Waals surface area (Å²) in [5.41, 5.74) is 0.559. The van der Waals surface area contributed by atoms with Gasteiger partial charge in [-0.1, -0.05) is 31.8 Å². The second-order valence-electron chi connectivity index (χ2n) is 7.79. The molecule has 0 spiro atoms. The molecule has 174 valence electrons. The molecule has 0 aromatic carbocycles. The van der Waals surface area contributed by atoms with Crippen molar-refractivity contribution < 1.29 is 38.6 Å². The third-order valence-electron chi connectivity index (χ3n) is 5.36. The van der Waals surface area contributed by atoms with Gasteiger partial charge in [-0.05, 0) is 19.3 Å². The number of rotatable bonds is 11. The van der Waals surface area contributed by atoms with Gasteiger partial charge in [0.1, 0.15) is 0 Å². The maximum absolute atomic E-state index is 13.1. The molecule has 1 aliphatic rings. The fraction of sp³-hybridized carbons (Fsp3) is 0.545. The molecule has 1 saturated heterocycles. The van der Waals surface area contributed by atoms with Gasteiger partial charge in [0.15, 0.2) is 5.75 Å². The van der Waals surface area contributed by atoms with Crippen molar-refractivity contribution in [1.29, 1.82) is 0 Å². The summed E-state index contributed by atoms with van der Waals surface area (Å²) in [5, 5.41) is 23.3. The number of pyridine rings is 1. The molecule has 1 amide bonds. The van der Waals surface area contributed by atoms with Crippen molar-refractivity contribution in [3.63, 3.8) is 0 Å². The van der Waals surface area contributed by atoms with Crippen LogP contribution in [0, 0.1) is 0 Å². The van der Waals surface area contributed by atoms with Crippen molar-refractivity contribution in [1.82, 2.24) is 10.1 Å². The van der Waals surface area contributed by atoms with Crippen LogP contribution in [0.5, 0.6) is 11.5 Å². The number of aromatic carboxylic acids is 1. The van der Waals surface area contributed by atoms with E-state index in [0.717, 1.165) is 30.4 Å². The first-order valence-corrected chi connectivity index (χ1v) is 11.0. The van der Waals surface area contributed by atoms with Gasteiger partial charge in [0, 0.05) is 29.8 Å². The van der Waals surface area contributed by atoms with Gasteiger partial charge >= 0.3 is 17.6 Å². The number of nitrogens with zero attached hydrogens (tertiary/aromatic N) is 3. The van der Waals surface area contributed by atoms with E-state index in [4.69, 9.17) is 19.1 Å². The fourth-order valence-electron chi connectivity index (χ4n) is 3.47. The molecule has 0 unspecified atom stereocenters. The number of carboxylic acid groups (broad SMARTS) is 1. The molecule has 2 N–H and O–H groups in total. The van der Waals surface area contributed by atoms with E-state index in [1.807, 2.05) is 0 Å². The van der Waals surface area contributed by atoms with Gasteiger partial charge in [-0.3, -0.25) is 10.0 Å². The second-order valence-corrected chi connectivity index (χ2v) is 7.79. The van der Waals surface area contributed by atoms with Crippen LogP contribution < -0.4 is 14.2 Å². The molecule has 10 nitrogen and oxygen atoms in total. The molecule has 1 fully saturated rings. The Morgan fingerprint density at radius 3 is 2.50 bits per heavy atom. The fourth-order valence-corrected chi connectivity index (χ4v) is 3.47. The highest BCUT2D eigenvalue weighted by molar-refractivity contribution is 5.91. The summed E-state index contributed by atoms with van der Waals surface area (Å²) in [5.74, 6) is -1.12. The standard InChI is InChI=1S/C22H29N3O7/c1-3-5-9-30-18-12-17(25(29)14-20(18)31-10-6-4-2)21(26)24-8-7-15(13-24)16-11-19(22(27)28)32-23-16/h11-12,14-15H,3-10,13H2,1-2H3,(H-,26,27,28,29)/p+1/t15-/m1/s1. The lowest BCUT2D eigenvalue weighted by atomic mass is 10.1. The predicted molar refractivity (Wildman–Crippen MR) is 111 cm³/mol. The number of hydrogen-bond donors (Lipinski definition) is 2. The van der Waals surface area contributed by atoms with Crippen molar-refractivity contribution in [2.45, 2.75) is 51.9 Å². The summed E-state index contributed by atoms with van der Waals surface area (Å²) in [6, 6.07) is 2.89. The number of hydrogen-bond acceptors (Lipinski definition) is 7. The van der Waals surface area contributed by atoms with E-state index < -0.39 is 5.97 Å². The second kappa shape index (κ2) is 10.8. The number of ether oxygens (including phenoxy) is 2. The molecule has 2 aromatic rings. The molecule has 2 aromatic heterocycles. The first-order chi connectivity index (χ1) is 15.4. The highest BCUT2D eigenvalue weighted by Crippen LogP contribution is 2.30. The summed E-state index contributed by atoms with van der Waals surface area (Å²) in [6.45, 7) is 5.86. The smallest absolute Gasteiger partial charge is 0.374 e. The van der Waals surface area contributed by atoms with E-state index in [9.17, 15) is 14.8 Å². The van der Waals surface area contributed by atoms with Gasteiger partial charge in [-0.15, -0.1) is 0 Å². The lowest BCUT2D eigenvalue weighted by Gasteiger charge is -2.15. The van der Waals surface area contributed by atoms with Gasteiger partial charge in [0.2, 0.25) is 11.5 Å². The number of carbonyl (C=O) groups is 2. The molecule has 3 heterocycles. The maximum atomic E-state index is 13.1. The number of amides is 1. The average molecular weight is 448 g/mol. The Hall–Kier alpha value is -3.30. The van der Waals surface area contributed by atoms with Crippen LogP contribution in [0.25, 0.3) is 0 Å². The third kappa shape index (κ3) is 5.49. The molecule has 1 aliphatic heterocycles. The van der Waals surface area contributed by atoms with E-state index >= 15 is 0 Å². The zero-order chi connectivity index (χ0) is 23.1. The zero-order valence-electron chi connectivity index (χ0n) is 18.5. The van der Waals surface area contributed by atoms with Crippen LogP contribution in [0.2, 0.25) is 0 Å². The molecular formula is C22H30N3O7+. The Labute approximate surface area is 186 Å². The van der Waals surface area contributed by atoms with Crippen LogP contribution in [-0.4, -0.2) is 58.6 Å². The Balaban J connectivity index is 1.75. The zero-order valence-corrected chi connectivity index (χ0v) is 18.5. The Kier molecular flexibility index (Phi) is 7.91. The summed E-state index contributed by atoms with van der Waals surface area (Å²) in [7, 11) is 0. The largest absolute Gasteiger partial charge is 0.489 e. The number of unbranched alkanes of at least 4 members (excludes halogenated alkanes) is 2. The van der Waals surface area contributed by atoms with Gasteiger partial charge in [-0.25, -0.2) is 4.79 Å². The van der Waals surface area contributed by atoms with Crippen molar-refractivity contribution in [3.05, 3.63) is 35.5 Å². The van der Waals surface area contributed by atoms with E-state index in [0.29, 0.717) is 49.9 Å². The maximum Gasteiger partial charge on any atom is 0.374 e. The van der Waals surface area contributed by atoms with Gasteiger partial charge in [0.05, 0.1) is 25.0 Å². The molecule has 0 aliphatic carbocycles. The summed E-state index contributed by atoms with van der Waals surface area (Å²) < 4.78 is 17.2. The molecular weight excluding hydrogens is 418 g/mol. The molecule has 1 atom stereocenters. The summed E-state index contributed by atoms with van der Waals surface area (Å²) in [4.78, 5) is 25.7. The third-order valence-corrected chi connectivity index (χ3v) is 5.36. The minimum atomic E-state index is -1.19. The van der Waals surface area contributed by atoms with Crippen molar-refractivity contribution in [2.75, 3.05) is 26.3 Å². The molecule has 0 radical (unpaired) electrons. The number of likely N-dealkylation sites (tertiary alicyclic amines) is 1. The Morgan fingerprint density at radius 2 is 1.88 bits per heavy atom. The minimum absolute atomic E-state index is 0.0615. The number of carboxylic acids is 1. The quantitative estimate of drug-likeness (QED) is 0.305. The average Bonchev–Trinajstić information content (AvgIpc) is 3.45. The van der Waals surface area contributed by atoms with Gasteiger partial charge < -0.3 is 24.0 Å². The predicted octanol–water partition coefficient (Wildman–Crippen LogP) is 2.89. The van der Waals surface area contributed by atoms with Crippen LogP contribution in [0.1, 0.15) is 78.6 Å². The normalized spacial score (nSPS) is 15.7. The van der Waals surface area contributed by atoms with E-state index in [1.165, 1.54) is 18.3 Å². The Bertz CT molecular complexity index is 944. The first kappa shape index (κ1) is 23.4. The van der Waals surface area contributed by atoms with Crippen molar-refractivity contribution >= 4 is 11.9 Å². The molecule has 0 saturated carbocycles. The number of carbonyl (C=O) groups excluding carboxylic acids is 1. The van der Waals surface area contributed by atoms with Crippen LogP contribution in [-0.2, 0) is 0 Å². The van der Waals surface area contributed by atoms with Crippen LogP contribution in [0.3, 0.4) is 0 Å². The Morgan fingerprint density at radius 1 is 1.19 bits per heavy atom. The van der Waals surface area contributed by atoms with E-state index in [-0.39, 0.29) is 23.3 Å². The van der Waals surface area contributed by atoms with E-state index in [1.54, 1.807) is 4.90 Å². The van der Waals surface area contributed by atoms with Crippen LogP contribution in [0.15, 0.2) is 22.9 Å². The van der Waals surface area contributed by atoms with Crippen molar-refractivity contribution in [2.24, 2.45) is 0 Å². The van der Waals surface area contributed by atoms with Crippen LogP contribution in [0.4, 0.5) is 0 Å². The summed E-state index contributed by atoms with van der Waals surface area (Å²) in [6.07, 6.45) is 5.62. The monoisotopic (exact) mass is 448 g/mol.